The minimum atomic E-state index is -2.01. The second kappa shape index (κ2) is 12.8. The van der Waals surface area contributed by atoms with E-state index >= 15 is 0 Å². The van der Waals surface area contributed by atoms with E-state index < -0.39 is 8.32 Å². The van der Waals surface area contributed by atoms with Gasteiger partial charge in [-0.3, -0.25) is 9.59 Å². The van der Waals surface area contributed by atoms with Crippen molar-refractivity contribution in [2.75, 3.05) is 0 Å². The van der Waals surface area contributed by atoms with Gasteiger partial charge in [-0.05, 0) is 69.3 Å². The molecule has 3 atom stereocenters. The van der Waals surface area contributed by atoms with Crippen molar-refractivity contribution < 1.29 is 18.8 Å². The van der Waals surface area contributed by atoms with Gasteiger partial charge in [-0.15, -0.1) is 0 Å². The van der Waals surface area contributed by atoms with Crippen LogP contribution in [0.5, 0.6) is 0 Å². The molecule has 0 bridgehead atoms. The van der Waals surface area contributed by atoms with E-state index in [9.17, 15) is 9.59 Å². The number of carbonyl (C=O) groups excluding carboxylic acids is 2. The fraction of sp³-hybridized carbons (Fsp3) is 0.600. The lowest BCUT2D eigenvalue weighted by Gasteiger charge is -2.39. The van der Waals surface area contributed by atoms with Crippen molar-refractivity contribution in [3.8, 4) is 0 Å². The van der Waals surface area contributed by atoms with Gasteiger partial charge in [0.15, 0.2) is 8.32 Å². The third-order valence-corrected chi connectivity index (χ3v) is 11.8. The van der Waals surface area contributed by atoms with Crippen LogP contribution in [0.2, 0.25) is 18.1 Å². The SMILES string of the molecule is Cc1ccccc1/C=C/[C@H]1[C@H](O[Si](C)(C)C(C)(C)C)CC(=O)[C@@H]1C/C=C\CCCC(=O)OC(C)C. The van der Waals surface area contributed by atoms with E-state index in [2.05, 4.69) is 77.2 Å². The highest BCUT2D eigenvalue weighted by molar-refractivity contribution is 6.74. The summed E-state index contributed by atoms with van der Waals surface area (Å²) in [6, 6.07) is 8.32. The molecule has 35 heavy (non-hydrogen) atoms. The lowest BCUT2D eigenvalue weighted by molar-refractivity contribution is -0.147. The third-order valence-electron chi connectivity index (χ3n) is 7.32. The molecule has 1 aliphatic rings. The highest BCUT2D eigenvalue weighted by atomic mass is 28.4. The molecule has 0 unspecified atom stereocenters. The van der Waals surface area contributed by atoms with Crippen molar-refractivity contribution in [3.05, 3.63) is 53.6 Å². The molecule has 0 amide bonds. The van der Waals surface area contributed by atoms with E-state index in [1.54, 1.807) is 0 Å². The van der Waals surface area contributed by atoms with Crippen LogP contribution in [-0.4, -0.2) is 32.3 Å². The van der Waals surface area contributed by atoms with Crippen molar-refractivity contribution in [2.45, 2.75) is 104 Å². The van der Waals surface area contributed by atoms with Gasteiger partial charge in [-0.1, -0.05) is 69.3 Å². The molecule has 5 heteroatoms. The van der Waals surface area contributed by atoms with Gasteiger partial charge < -0.3 is 9.16 Å². The maximum atomic E-state index is 13.1. The number of hydrogen-bond acceptors (Lipinski definition) is 4. The first-order valence-corrected chi connectivity index (χ1v) is 16.0. The molecule has 0 N–H and O–H groups in total. The average molecular weight is 499 g/mol. The Morgan fingerprint density at radius 1 is 1.17 bits per heavy atom. The molecule has 1 fully saturated rings. The van der Waals surface area contributed by atoms with Crippen molar-refractivity contribution in [1.29, 1.82) is 0 Å². The Balaban J connectivity index is 2.11. The number of allylic oxidation sites excluding steroid dienone is 2. The van der Waals surface area contributed by atoms with Crippen LogP contribution in [0.4, 0.5) is 0 Å². The molecule has 2 rings (SSSR count). The molecule has 0 radical (unpaired) electrons. The molecule has 1 saturated carbocycles. The number of carbonyl (C=O) groups is 2. The summed E-state index contributed by atoms with van der Waals surface area (Å²) < 4.78 is 12.0. The summed E-state index contributed by atoms with van der Waals surface area (Å²) in [7, 11) is -2.01. The van der Waals surface area contributed by atoms with Crippen LogP contribution in [-0.2, 0) is 18.8 Å². The molecule has 0 spiro atoms. The Hall–Kier alpha value is -1.98. The minimum absolute atomic E-state index is 0.0573. The highest BCUT2D eigenvalue weighted by Gasteiger charge is 2.46. The molecule has 0 aliphatic heterocycles. The summed E-state index contributed by atoms with van der Waals surface area (Å²) in [5, 5.41) is 0.0923. The van der Waals surface area contributed by atoms with Crippen LogP contribution in [0, 0.1) is 18.8 Å². The lowest BCUT2D eigenvalue weighted by Crippen LogP contribution is -2.45. The fourth-order valence-electron chi connectivity index (χ4n) is 4.22. The number of benzene rings is 1. The molecular formula is C30H46O4Si. The monoisotopic (exact) mass is 498 g/mol. The maximum absolute atomic E-state index is 13.1. The van der Waals surface area contributed by atoms with Gasteiger partial charge in [0.05, 0.1) is 12.2 Å². The number of Topliss-reactive ketones (excluding diaryl/α,β-unsaturated/α-hetero) is 1. The molecule has 4 nitrogen and oxygen atoms in total. The zero-order valence-corrected chi connectivity index (χ0v) is 24.1. The predicted octanol–water partition coefficient (Wildman–Crippen LogP) is 7.67. The predicted molar refractivity (Wildman–Crippen MR) is 148 cm³/mol. The molecule has 1 aromatic rings. The zero-order chi connectivity index (χ0) is 26.2. The summed E-state index contributed by atoms with van der Waals surface area (Å²) in [6.45, 7) is 17.1. The van der Waals surface area contributed by atoms with Crippen LogP contribution in [0.3, 0.4) is 0 Å². The van der Waals surface area contributed by atoms with Crippen LogP contribution in [0.1, 0.15) is 77.8 Å². The summed E-state index contributed by atoms with van der Waals surface area (Å²) in [5.74, 6) is 0.124. The molecule has 0 heterocycles. The van der Waals surface area contributed by atoms with Crippen LogP contribution in [0.25, 0.3) is 6.08 Å². The largest absolute Gasteiger partial charge is 0.463 e. The van der Waals surface area contributed by atoms with Crippen molar-refractivity contribution in [2.24, 2.45) is 11.8 Å². The number of rotatable bonds is 11. The van der Waals surface area contributed by atoms with Gasteiger partial charge >= 0.3 is 5.97 Å². The first-order chi connectivity index (χ1) is 16.3. The molecule has 1 aromatic carbocycles. The molecule has 194 valence electrons. The average Bonchev–Trinajstić information content (AvgIpc) is 3.02. The zero-order valence-electron chi connectivity index (χ0n) is 23.1. The topological polar surface area (TPSA) is 52.6 Å². The second-order valence-electron chi connectivity index (χ2n) is 11.6. The van der Waals surface area contributed by atoms with Crippen molar-refractivity contribution in [3.63, 3.8) is 0 Å². The Labute approximate surface area is 214 Å². The number of ketones is 1. The van der Waals surface area contributed by atoms with Crippen LogP contribution >= 0.6 is 0 Å². The Kier molecular flexibility index (Phi) is 10.7. The highest BCUT2D eigenvalue weighted by Crippen LogP contribution is 2.43. The number of unbranched alkanes of at least 4 members (excludes halogenated alkanes) is 1. The molecule has 1 aliphatic carbocycles. The van der Waals surface area contributed by atoms with Gasteiger partial charge in [0, 0.05) is 24.7 Å². The third kappa shape index (κ3) is 8.87. The maximum Gasteiger partial charge on any atom is 0.306 e. The van der Waals surface area contributed by atoms with Gasteiger partial charge in [-0.25, -0.2) is 0 Å². The smallest absolute Gasteiger partial charge is 0.306 e. The van der Waals surface area contributed by atoms with Crippen LogP contribution in [0.15, 0.2) is 42.5 Å². The number of hydrogen-bond donors (Lipinski definition) is 0. The summed E-state index contributed by atoms with van der Waals surface area (Å²) in [4.78, 5) is 24.8. The quantitative estimate of drug-likeness (QED) is 0.136. The van der Waals surface area contributed by atoms with Gasteiger partial charge in [0.25, 0.3) is 0 Å². The van der Waals surface area contributed by atoms with Gasteiger partial charge in [0.1, 0.15) is 5.78 Å². The summed E-state index contributed by atoms with van der Waals surface area (Å²) in [6.07, 6.45) is 11.6. The van der Waals surface area contributed by atoms with E-state index in [1.165, 1.54) is 11.1 Å². The van der Waals surface area contributed by atoms with E-state index in [4.69, 9.17) is 9.16 Å². The Morgan fingerprint density at radius 2 is 1.86 bits per heavy atom. The first kappa shape index (κ1) is 29.2. The van der Waals surface area contributed by atoms with Gasteiger partial charge in [-0.2, -0.15) is 0 Å². The lowest BCUT2D eigenvalue weighted by atomic mass is 9.90. The number of ether oxygens (including phenoxy) is 1. The molecule has 0 aromatic heterocycles. The first-order valence-electron chi connectivity index (χ1n) is 13.1. The van der Waals surface area contributed by atoms with Gasteiger partial charge in [0.2, 0.25) is 0 Å². The van der Waals surface area contributed by atoms with Crippen molar-refractivity contribution in [1.82, 2.24) is 0 Å². The summed E-state index contributed by atoms with van der Waals surface area (Å²) >= 11 is 0. The van der Waals surface area contributed by atoms with E-state index in [0.29, 0.717) is 25.0 Å². The number of aryl methyl sites for hydroxylation is 1. The summed E-state index contributed by atoms with van der Waals surface area (Å²) in [5.41, 5.74) is 2.41. The Bertz CT molecular complexity index is 907. The number of esters is 1. The fourth-order valence-corrected chi connectivity index (χ4v) is 5.57. The molecular weight excluding hydrogens is 452 g/mol. The Morgan fingerprint density at radius 3 is 2.49 bits per heavy atom. The second-order valence-corrected chi connectivity index (χ2v) is 16.4. The van der Waals surface area contributed by atoms with E-state index in [1.807, 2.05) is 26.0 Å². The van der Waals surface area contributed by atoms with E-state index in [0.717, 1.165) is 12.8 Å². The van der Waals surface area contributed by atoms with Crippen LogP contribution < -0.4 is 0 Å². The standard InChI is InChI=1S/C30H46O4Si/c1-22(2)33-29(32)18-12-10-9-11-17-25-26(20-19-24-16-14-13-15-23(24)3)28(21-27(25)31)34-35(7,8)30(4,5)6/h9,11,13-16,19-20,22,25-26,28H,10,12,17-18,21H2,1-8H3/b11-9-,20-19+/t25-,26-,28-/m1/s1. The molecule has 0 saturated heterocycles. The van der Waals surface area contributed by atoms with Crippen molar-refractivity contribution >= 4 is 26.1 Å². The normalized spacial score (nSPS) is 21.5. The van der Waals surface area contributed by atoms with E-state index in [-0.39, 0.29) is 35.1 Å². The minimum Gasteiger partial charge on any atom is -0.463 e.